The molecule has 1 rings (SSSR count). The van der Waals surface area contributed by atoms with Gasteiger partial charge in [-0.25, -0.2) is 0 Å². The Balaban J connectivity index is 3.08. The number of ether oxygens (including phenoxy) is 3. The molecule has 0 radical (unpaired) electrons. The molecule has 1 aromatic rings. The number of hydrogen-bond donors (Lipinski definition) is 2. The minimum Gasteiger partial charge on any atom is -0.493 e. The molecular weight excluding hydrogens is 220 g/mol. The summed E-state index contributed by atoms with van der Waals surface area (Å²) in [6, 6.07) is 3.70. The summed E-state index contributed by atoms with van der Waals surface area (Å²) < 4.78 is 15.8. The van der Waals surface area contributed by atoms with Gasteiger partial charge < -0.3 is 25.7 Å². The normalized spacial score (nSPS) is 12.1. The predicted octanol–water partition coefficient (Wildman–Crippen LogP) is 0.541. The maximum absolute atomic E-state index is 5.82. The van der Waals surface area contributed by atoms with E-state index in [4.69, 9.17) is 25.7 Å². The van der Waals surface area contributed by atoms with E-state index >= 15 is 0 Å². The molecule has 0 bridgehead atoms. The lowest BCUT2D eigenvalue weighted by molar-refractivity contribution is 0.323. The zero-order valence-electron chi connectivity index (χ0n) is 10.5. The van der Waals surface area contributed by atoms with Crippen LogP contribution in [0.25, 0.3) is 0 Å². The van der Waals surface area contributed by atoms with Gasteiger partial charge in [-0.1, -0.05) is 0 Å². The van der Waals surface area contributed by atoms with Crippen molar-refractivity contribution in [3.8, 4) is 17.2 Å². The monoisotopic (exact) mass is 240 g/mol. The summed E-state index contributed by atoms with van der Waals surface area (Å²) in [4.78, 5) is 0. The molecular formula is C12H20N2O3. The summed E-state index contributed by atoms with van der Waals surface area (Å²) in [5.41, 5.74) is 12.3. The summed E-state index contributed by atoms with van der Waals surface area (Å²) in [5.74, 6) is 1.84. The highest BCUT2D eigenvalue weighted by molar-refractivity contribution is 5.53. The van der Waals surface area contributed by atoms with E-state index in [0.29, 0.717) is 30.2 Å². The van der Waals surface area contributed by atoms with Crippen LogP contribution < -0.4 is 25.7 Å². The fourth-order valence-electron chi connectivity index (χ4n) is 1.64. The Bertz CT molecular complexity index is 344. The largest absolute Gasteiger partial charge is 0.493 e. The Morgan fingerprint density at radius 1 is 1.06 bits per heavy atom. The Morgan fingerprint density at radius 2 is 1.59 bits per heavy atom. The van der Waals surface area contributed by atoms with Crippen LogP contribution in [-0.4, -0.2) is 33.9 Å². The third kappa shape index (κ3) is 3.25. The van der Waals surface area contributed by atoms with Crippen LogP contribution in [-0.2, 0) is 6.42 Å². The lowest BCUT2D eigenvalue weighted by Gasteiger charge is -2.15. The zero-order chi connectivity index (χ0) is 12.8. The van der Waals surface area contributed by atoms with Gasteiger partial charge in [0.25, 0.3) is 0 Å². The van der Waals surface area contributed by atoms with Gasteiger partial charge in [0.1, 0.15) is 0 Å². The van der Waals surface area contributed by atoms with E-state index in [1.54, 1.807) is 21.3 Å². The molecule has 0 aliphatic carbocycles. The Kier molecular flexibility index (Phi) is 5.06. The van der Waals surface area contributed by atoms with Crippen molar-refractivity contribution < 1.29 is 14.2 Å². The Hall–Kier alpha value is -1.46. The first-order valence-corrected chi connectivity index (χ1v) is 5.40. The van der Waals surface area contributed by atoms with E-state index in [1.807, 2.05) is 12.1 Å². The van der Waals surface area contributed by atoms with Gasteiger partial charge in [0.15, 0.2) is 11.5 Å². The molecule has 96 valence electrons. The standard InChI is InChI=1S/C12H20N2O3/c1-15-10-5-8(4-9(14)7-13)6-11(16-2)12(10)17-3/h5-6,9H,4,7,13-14H2,1-3H3. The molecule has 0 saturated carbocycles. The maximum atomic E-state index is 5.82. The number of rotatable bonds is 6. The zero-order valence-corrected chi connectivity index (χ0v) is 10.5. The molecule has 5 nitrogen and oxygen atoms in total. The van der Waals surface area contributed by atoms with Crippen LogP contribution in [0.5, 0.6) is 17.2 Å². The van der Waals surface area contributed by atoms with E-state index in [9.17, 15) is 0 Å². The van der Waals surface area contributed by atoms with Crippen molar-refractivity contribution >= 4 is 0 Å². The summed E-state index contributed by atoms with van der Waals surface area (Å²) >= 11 is 0. The number of methoxy groups -OCH3 is 3. The second kappa shape index (κ2) is 6.32. The first kappa shape index (κ1) is 13.6. The quantitative estimate of drug-likeness (QED) is 0.758. The minimum absolute atomic E-state index is 0.0715. The topological polar surface area (TPSA) is 79.7 Å². The maximum Gasteiger partial charge on any atom is 0.203 e. The van der Waals surface area contributed by atoms with Gasteiger partial charge >= 0.3 is 0 Å². The Morgan fingerprint density at radius 3 is 1.94 bits per heavy atom. The summed E-state index contributed by atoms with van der Waals surface area (Å²) in [6.45, 7) is 0.441. The molecule has 1 atom stereocenters. The van der Waals surface area contributed by atoms with Crippen LogP contribution in [0.1, 0.15) is 5.56 Å². The average molecular weight is 240 g/mol. The first-order chi connectivity index (χ1) is 8.15. The van der Waals surface area contributed by atoms with Gasteiger partial charge in [0, 0.05) is 12.6 Å². The van der Waals surface area contributed by atoms with Crippen LogP contribution in [0, 0.1) is 0 Å². The first-order valence-electron chi connectivity index (χ1n) is 5.40. The summed E-state index contributed by atoms with van der Waals surface area (Å²) in [5, 5.41) is 0. The summed E-state index contributed by atoms with van der Waals surface area (Å²) in [7, 11) is 4.75. The minimum atomic E-state index is -0.0715. The fraction of sp³-hybridized carbons (Fsp3) is 0.500. The van der Waals surface area contributed by atoms with E-state index in [-0.39, 0.29) is 6.04 Å². The molecule has 4 N–H and O–H groups in total. The second-order valence-electron chi connectivity index (χ2n) is 3.73. The van der Waals surface area contributed by atoms with Crippen molar-refractivity contribution in [1.82, 2.24) is 0 Å². The van der Waals surface area contributed by atoms with Crippen molar-refractivity contribution in [3.63, 3.8) is 0 Å². The SMILES string of the molecule is COc1cc(CC(N)CN)cc(OC)c1OC. The Labute approximate surface area is 102 Å². The van der Waals surface area contributed by atoms with Crippen LogP contribution in [0.4, 0.5) is 0 Å². The number of nitrogens with two attached hydrogens (primary N) is 2. The van der Waals surface area contributed by atoms with Crippen LogP contribution in [0.2, 0.25) is 0 Å². The highest BCUT2D eigenvalue weighted by Gasteiger charge is 2.14. The molecule has 1 unspecified atom stereocenters. The third-order valence-corrected chi connectivity index (χ3v) is 2.53. The number of hydrogen-bond acceptors (Lipinski definition) is 5. The van der Waals surface area contributed by atoms with Gasteiger partial charge in [0.05, 0.1) is 21.3 Å². The lowest BCUT2D eigenvalue weighted by Crippen LogP contribution is -2.31. The molecule has 0 saturated heterocycles. The van der Waals surface area contributed by atoms with Crippen molar-refractivity contribution in [2.75, 3.05) is 27.9 Å². The van der Waals surface area contributed by atoms with E-state index in [0.717, 1.165) is 5.56 Å². The lowest BCUT2D eigenvalue weighted by atomic mass is 10.1. The third-order valence-electron chi connectivity index (χ3n) is 2.53. The van der Waals surface area contributed by atoms with Crippen molar-refractivity contribution in [3.05, 3.63) is 17.7 Å². The van der Waals surface area contributed by atoms with E-state index < -0.39 is 0 Å². The van der Waals surface area contributed by atoms with E-state index in [1.165, 1.54) is 0 Å². The molecule has 0 aliphatic rings. The van der Waals surface area contributed by atoms with Gasteiger partial charge in [-0.2, -0.15) is 0 Å². The molecule has 0 heterocycles. The average Bonchev–Trinajstić information content (AvgIpc) is 2.37. The van der Waals surface area contributed by atoms with Crippen LogP contribution in [0.15, 0.2) is 12.1 Å². The molecule has 0 amide bonds. The molecule has 0 spiro atoms. The highest BCUT2D eigenvalue weighted by atomic mass is 16.5. The van der Waals surface area contributed by atoms with Crippen molar-refractivity contribution in [2.24, 2.45) is 11.5 Å². The molecule has 0 aliphatic heterocycles. The summed E-state index contributed by atoms with van der Waals surface area (Å²) in [6.07, 6.45) is 0.674. The van der Waals surface area contributed by atoms with E-state index in [2.05, 4.69) is 0 Å². The van der Waals surface area contributed by atoms with Gasteiger partial charge in [-0.05, 0) is 24.1 Å². The van der Waals surface area contributed by atoms with Crippen molar-refractivity contribution in [2.45, 2.75) is 12.5 Å². The van der Waals surface area contributed by atoms with Crippen molar-refractivity contribution in [1.29, 1.82) is 0 Å². The fourth-order valence-corrected chi connectivity index (χ4v) is 1.64. The smallest absolute Gasteiger partial charge is 0.203 e. The van der Waals surface area contributed by atoms with Gasteiger partial charge in [-0.15, -0.1) is 0 Å². The van der Waals surface area contributed by atoms with Gasteiger partial charge in [0.2, 0.25) is 5.75 Å². The number of benzene rings is 1. The molecule has 0 fully saturated rings. The second-order valence-corrected chi connectivity index (χ2v) is 3.73. The predicted molar refractivity (Wildman–Crippen MR) is 66.8 cm³/mol. The molecule has 0 aromatic heterocycles. The highest BCUT2D eigenvalue weighted by Crippen LogP contribution is 2.38. The molecule has 5 heteroatoms. The van der Waals surface area contributed by atoms with Crippen LogP contribution in [0.3, 0.4) is 0 Å². The molecule has 17 heavy (non-hydrogen) atoms. The van der Waals surface area contributed by atoms with Crippen LogP contribution >= 0.6 is 0 Å². The van der Waals surface area contributed by atoms with Gasteiger partial charge in [-0.3, -0.25) is 0 Å². The molecule has 1 aromatic carbocycles.